The maximum Gasteiger partial charge on any atom is 0.0190 e. The molecule has 1 saturated carbocycles. The molecule has 2 N–H and O–H groups in total. The van der Waals surface area contributed by atoms with Gasteiger partial charge >= 0.3 is 0 Å². The highest BCUT2D eigenvalue weighted by molar-refractivity contribution is 7.99. The molecule has 1 heterocycles. The second-order valence-corrected chi connectivity index (χ2v) is 5.28. The molecule has 13 heavy (non-hydrogen) atoms. The molecule has 3 heteroatoms. The zero-order valence-electron chi connectivity index (χ0n) is 8.24. The average Bonchev–Trinajstić information content (AvgIpc) is 2.99. The number of nitrogens with zero attached hydrogens (tertiary/aromatic N) is 1. The molecule has 76 valence electrons. The highest BCUT2D eigenvalue weighted by Crippen LogP contribution is 2.32. The third kappa shape index (κ3) is 2.61. The van der Waals surface area contributed by atoms with Crippen LogP contribution in [-0.4, -0.2) is 41.6 Å². The molecule has 1 atom stereocenters. The van der Waals surface area contributed by atoms with E-state index in [1.54, 1.807) is 0 Å². The molecule has 2 rings (SSSR count). The molecule has 0 bridgehead atoms. The van der Waals surface area contributed by atoms with Crippen molar-refractivity contribution in [3.05, 3.63) is 0 Å². The maximum atomic E-state index is 5.65. The van der Waals surface area contributed by atoms with Gasteiger partial charge in [0.25, 0.3) is 0 Å². The van der Waals surface area contributed by atoms with Gasteiger partial charge in [0.1, 0.15) is 0 Å². The Labute approximate surface area is 85.2 Å². The molecular weight excluding hydrogens is 180 g/mol. The summed E-state index contributed by atoms with van der Waals surface area (Å²) in [7, 11) is 0. The van der Waals surface area contributed by atoms with Crippen molar-refractivity contribution in [3.8, 4) is 0 Å². The Bertz CT molecular complexity index is 153. The Morgan fingerprint density at radius 3 is 2.62 bits per heavy atom. The summed E-state index contributed by atoms with van der Waals surface area (Å²) in [6.07, 6.45) is 5.65. The number of thioether (sulfide) groups is 1. The van der Waals surface area contributed by atoms with Crippen LogP contribution in [0.5, 0.6) is 0 Å². The molecule has 1 aliphatic heterocycles. The van der Waals surface area contributed by atoms with Gasteiger partial charge in [-0.2, -0.15) is 11.8 Å². The van der Waals surface area contributed by atoms with Crippen LogP contribution < -0.4 is 5.73 Å². The second kappa shape index (κ2) is 4.67. The van der Waals surface area contributed by atoms with E-state index in [1.165, 1.54) is 37.2 Å². The van der Waals surface area contributed by atoms with E-state index >= 15 is 0 Å². The van der Waals surface area contributed by atoms with Crippen molar-refractivity contribution in [2.45, 2.75) is 37.8 Å². The van der Waals surface area contributed by atoms with Gasteiger partial charge in [-0.15, -0.1) is 0 Å². The van der Waals surface area contributed by atoms with E-state index in [4.69, 9.17) is 5.73 Å². The first kappa shape index (κ1) is 9.81. The van der Waals surface area contributed by atoms with E-state index in [0.29, 0.717) is 0 Å². The smallest absolute Gasteiger partial charge is 0.0190 e. The number of rotatable bonds is 4. The second-order valence-electron chi connectivity index (χ2n) is 4.13. The third-order valence-corrected chi connectivity index (χ3v) is 4.21. The molecule has 2 fully saturated rings. The predicted molar refractivity (Wildman–Crippen MR) is 59.1 cm³/mol. The van der Waals surface area contributed by atoms with Crippen LogP contribution >= 0.6 is 11.8 Å². The zero-order chi connectivity index (χ0) is 9.10. The van der Waals surface area contributed by atoms with Crippen LogP contribution in [0, 0.1) is 0 Å². The summed E-state index contributed by atoms with van der Waals surface area (Å²) >= 11 is 2.12. The molecule has 0 radical (unpaired) electrons. The van der Waals surface area contributed by atoms with Crippen LogP contribution in [0.4, 0.5) is 0 Å². The minimum Gasteiger partial charge on any atom is -0.329 e. The quantitative estimate of drug-likeness (QED) is 0.742. The van der Waals surface area contributed by atoms with Crippen molar-refractivity contribution < 1.29 is 0 Å². The van der Waals surface area contributed by atoms with Gasteiger partial charge in [-0.3, -0.25) is 4.90 Å². The lowest BCUT2D eigenvalue weighted by Gasteiger charge is -2.33. The fourth-order valence-electron chi connectivity index (χ4n) is 2.20. The average molecular weight is 200 g/mol. The molecule has 1 unspecified atom stereocenters. The Hall–Kier alpha value is 0.270. The van der Waals surface area contributed by atoms with Gasteiger partial charge in [-0.05, 0) is 31.4 Å². The topological polar surface area (TPSA) is 29.3 Å². The summed E-state index contributed by atoms with van der Waals surface area (Å²) in [4.78, 5) is 2.67. The molecule has 1 saturated heterocycles. The summed E-state index contributed by atoms with van der Waals surface area (Å²) in [5.74, 6) is 2.72. The van der Waals surface area contributed by atoms with Crippen molar-refractivity contribution in [3.63, 3.8) is 0 Å². The number of nitrogens with two attached hydrogens (primary N) is 1. The molecule has 2 nitrogen and oxygen atoms in total. The van der Waals surface area contributed by atoms with Gasteiger partial charge in [-0.1, -0.05) is 0 Å². The fraction of sp³-hybridized carbons (Fsp3) is 1.00. The van der Waals surface area contributed by atoms with Gasteiger partial charge < -0.3 is 5.73 Å². The molecule has 1 aliphatic carbocycles. The van der Waals surface area contributed by atoms with Crippen molar-refractivity contribution in [1.82, 2.24) is 4.90 Å². The van der Waals surface area contributed by atoms with Crippen LogP contribution in [0.2, 0.25) is 0 Å². The van der Waals surface area contributed by atoms with E-state index in [0.717, 1.165) is 25.2 Å². The maximum absolute atomic E-state index is 5.65. The van der Waals surface area contributed by atoms with E-state index in [9.17, 15) is 0 Å². The van der Waals surface area contributed by atoms with Crippen molar-refractivity contribution in [1.29, 1.82) is 0 Å². The molecule has 0 aromatic rings. The lowest BCUT2D eigenvalue weighted by atomic mass is 10.1. The summed E-state index contributed by atoms with van der Waals surface area (Å²) in [6.45, 7) is 1.95. The number of hydrogen-bond acceptors (Lipinski definition) is 3. The molecule has 2 aliphatic rings. The largest absolute Gasteiger partial charge is 0.329 e. The Morgan fingerprint density at radius 1 is 1.23 bits per heavy atom. The standard InChI is InChI=1S/C10H20N2S/c11-5-6-12(9-3-4-9)10-2-1-7-13-8-10/h9-10H,1-8,11H2. The van der Waals surface area contributed by atoms with Gasteiger partial charge in [0.2, 0.25) is 0 Å². The Morgan fingerprint density at radius 2 is 2.08 bits per heavy atom. The highest BCUT2D eigenvalue weighted by Gasteiger charge is 2.33. The summed E-state index contributed by atoms with van der Waals surface area (Å²) < 4.78 is 0. The van der Waals surface area contributed by atoms with E-state index in [-0.39, 0.29) is 0 Å². The lowest BCUT2D eigenvalue weighted by Crippen LogP contribution is -2.43. The molecule has 0 amide bonds. The van der Waals surface area contributed by atoms with Gasteiger partial charge in [0.05, 0.1) is 0 Å². The Kier molecular flexibility index (Phi) is 3.52. The molecular formula is C10H20N2S. The van der Waals surface area contributed by atoms with Crippen LogP contribution in [0.3, 0.4) is 0 Å². The minimum atomic E-state index is 0.831. The van der Waals surface area contributed by atoms with Crippen molar-refractivity contribution in [2.75, 3.05) is 24.6 Å². The van der Waals surface area contributed by atoms with Crippen LogP contribution in [0.1, 0.15) is 25.7 Å². The predicted octanol–water partition coefficient (Wildman–Crippen LogP) is 1.31. The summed E-state index contributed by atoms with van der Waals surface area (Å²) in [5.41, 5.74) is 5.65. The fourth-order valence-corrected chi connectivity index (χ4v) is 3.37. The number of hydrogen-bond donors (Lipinski definition) is 1. The highest BCUT2D eigenvalue weighted by atomic mass is 32.2. The normalized spacial score (nSPS) is 29.5. The van der Waals surface area contributed by atoms with Crippen molar-refractivity contribution >= 4 is 11.8 Å². The van der Waals surface area contributed by atoms with Gasteiger partial charge in [0, 0.05) is 30.9 Å². The van der Waals surface area contributed by atoms with Crippen LogP contribution in [-0.2, 0) is 0 Å². The van der Waals surface area contributed by atoms with Crippen molar-refractivity contribution in [2.24, 2.45) is 5.73 Å². The Balaban J connectivity index is 1.84. The van der Waals surface area contributed by atoms with E-state index in [1.807, 2.05) is 0 Å². The van der Waals surface area contributed by atoms with Crippen LogP contribution in [0.15, 0.2) is 0 Å². The summed E-state index contributed by atoms with van der Waals surface area (Å²) in [6, 6.07) is 1.74. The zero-order valence-corrected chi connectivity index (χ0v) is 9.06. The third-order valence-electron chi connectivity index (χ3n) is 3.01. The van der Waals surface area contributed by atoms with Gasteiger partial charge in [-0.25, -0.2) is 0 Å². The summed E-state index contributed by atoms with van der Waals surface area (Å²) in [5, 5.41) is 0. The van der Waals surface area contributed by atoms with Crippen LogP contribution in [0.25, 0.3) is 0 Å². The first-order chi connectivity index (χ1) is 6.42. The minimum absolute atomic E-state index is 0.831. The first-order valence-corrected chi connectivity index (χ1v) is 6.61. The van der Waals surface area contributed by atoms with Gasteiger partial charge in [0.15, 0.2) is 0 Å². The molecule has 0 aromatic carbocycles. The SMILES string of the molecule is NCCN(C1CC1)C1CCCSC1. The molecule has 0 aromatic heterocycles. The van der Waals surface area contributed by atoms with E-state index in [2.05, 4.69) is 16.7 Å². The van der Waals surface area contributed by atoms with E-state index < -0.39 is 0 Å². The monoisotopic (exact) mass is 200 g/mol. The lowest BCUT2D eigenvalue weighted by molar-refractivity contribution is 0.195. The first-order valence-electron chi connectivity index (χ1n) is 5.45. The molecule has 0 spiro atoms.